The van der Waals surface area contributed by atoms with Crippen LogP contribution in [0.25, 0.3) is 10.9 Å². The number of pyridine rings is 1. The molecule has 1 aromatic heterocycles. The molecule has 20 heavy (non-hydrogen) atoms. The van der Waals surface area contributed by atoms with Crippen LogP contribution in [0, 0.1) is 0 Å². The Morgan fingerprint density at radius 3 is 2.65 bits per heavy atom. The molecule has 1 fully saturated rings. The van der Waals surface area contributed by atoms with Crippen molar-refractivity contribution in [3.05, 3.63) is 42.1 Å². The second kappa shape index (κ2) is 5.33. The summed E-state index contributed by atoms with van der Waals surface area (Å²) in [5, 5.41) is 1.00. The van der Waals surface area contributed by atoms with Crippen LogP contribution in [0.5, 0.6) is 0 Å². The van der Waals surface area contributed by atoms with E-state index in [4.69, 9.17) is 4.74 Å². The fraction of sp³-hybridized carbons (Fsp3) is 0.412. The predicted molar refractivity (Wildman–Crippen MR) is 78.9 cm³/mol. The highest BCUT2D eigenvalue weighted by Crippen LogP contribution is 2.35. The third-order valence-electron chi connectivity index (χ3n) is 4.34. The Labute approximate surface area is 119 Å². The number of hydrogen-bond acceptors (Lipinski definition) is 3. The molecule has 0 spiro atoms. The second-order valence-electron chi connectivity index (χ2n) is 5.47. The first-order valence-electron chi connectivity index (χ1n) is 7.20. The number of methoxy groups -OCH3 is 1. The van der Waals surface area contributed by atoms with Gasteiger partial charge in [0.25, 0.3) is 0 Å². The van der Waals surface area contributed by atoms with E-state index in [1.54, 1.807) is 13.3 Å². The molecule has 1 aliphatic rings. The number of rotatable bonds is 3. The van der Waals surface area contributed by atoms with Gasteiger partial charge in [0, 0.05) is 24.3 Å². The summed E-state index contributed by atoms with van der Waals surface area (Å²) >= 11 is 0. The zero-order valence-corrected chi connectivity index (χ0v) is 11.8. The molecule has 1 saturated carbocycles. The van der Waals surface area contributed by atoms with Crippen LogP contribution in [0.3, 0.4) is 0 Å². The minimum Gasteiger partial charge on any atom is -0.370 e. The molecule has 104 valence electrons. The van der Waals surface area contributed by atoms with Crippen molar-refractivity contribution >= 4 is 16.7 Å². The molecule has 1 aliphatic carbocycles. The third kappa shape index (κ3) is 2.12. The van der Waals surface area contributed by atoms with E-state index < -0.39 is 5.60 Å². The van der Waals surface area contributed by atoms with Gasteiger partial charge in [-0.2, -0.15) is 0 Å². The number of aromatic nitrogens is 1. The number of nitrogens with zero attached hydrogens (tertiary/aromatic N) is 1. The maximum atomic E-state index is 13.0. The van der Waals surface area contributed by atoms with Gasteiger partial charge in [-0.3, -0.25) is 9.78 Å². The van der Waals surface area contributed by atoms with E-state index in [0.29, 0.717) is 5.56 Å². The van der Waals surface area contributed by atoms with Crippen molar-refractivity contribution in [3.63, 3.8) is 0 Å². The van der Waals surface area contributed by atoms with Gasteiger partial charge in [0.1, 0.15) is 5.60 Å². The number of carbonyl (C=O) groups is 1. The molecule has 1 heterocycles. The van der Waals surface area contributed by atoms with Gasteiger partial charge in [0.15, 0.2) is 5.78 Å². The first-order valence-corrected chi connectivity index (χ1v) is 7.20. The van der Waals surface area contributed by atoms with Crippen molar-refractivity contribution in [2.24, 2.45) is 0 Å². The number of benzene rings is 1. The lowest BCUT2D eigenvalue weighted by atomic mass is 9.79. The fourth-order valence-corrected chi connectivity index (χ4v) is 3.18. The minimum atomic E-state index is -0.649. The first kappa shape index (κ1) is 13.3. The van der Waals surface area contributed by atoms with E-state index >= 15 is 0 Å². The van der Waals surface area contributed by atoms with Crippen molar-refractivity contribution < 1.29 is 9.53 Å². The number of para-hydroxylation sites is 1. The second-order valence-corrected chi connectivity index (χ2v) is 5.47. The first-order chi connectivity index (χ1) is 9.77. The van der Waals surface area contributed by atoms with Gasteiger partial charge in [-0.05, 0) is 25.0 Å². The van der Waals surface area contributed by atoms with Gasteiger partial charge in [0.05, 0.1) is 5.52 Å². The summed E-state index contributed by atoms with van der Waals surface area (Å²) in [6, 6.07) is 9.65. The smallest absolute Gasteiger partial charge is 0.196 e. The molecule has 3 rings (SSSR count). The lowest BCUT2D eigenvalue weighted by molar-refractivity contribution is -0.0193. The average Bonchev–Trinajstić information content (AvgIpc) is 2.54. The Morgan fingerprint density at radius 2 is 1.90 bits per heavy atom. The van der Waals surface area contributed by atoms with E-state index in [2.05, 4.69) is 4.98 Å². The van der Waals surface area contributed by atoms with Gasteiger partial charge >= 0.3 is 0 Å². The van der Waals surface area contributed by atoms with Crippen LogP contribution < -0.4 is 0 Å². The van der Waals surface area contributed by atoms with Crippen molar-refractivity contribution in [3.8, 4) is 0 Å². The SMILES string of the molecule is COC1(C(=O)c2cccc3cccnc23)CCCCC1. The summed E-state index contributed by atoms with van der Waals surface area (Å²) in [4.78, 5) is 17.4. The zero-order valence-electron chi connectivity index (χ0n) is 11.8. The van der Waals surface area contributed by atoms with Crippen LogP contribution >= 0.6 is 0 Å². The molecule has 0 atom stereocenters. The molecule has 1 aromatic carbocycles. The highest BCUT2D eigenvalue weighted by atomic mass is 16.5. The van der Waals surface area contributed by atoms with Crippen molar-refractivity contribution in [2.75, 3.05) is 7.11 Å². The van der Waals surface area contributed by atoms with E-state index in [-0.39, 0.29) is 5.78 Å². The number of ketones is 1. The molecule has 3 nitrogen and oxygen atoms in total. The minimum absolute atomic E-state index is 0.0870. The fourth-order valence-electron chi connectivity index (χ4n) is 3.18. The molecular formula is C17H19NO2. The summed E-state index contributed by atoms with van der Waals surface area (Å²) in [5.74, 6) is 0.0870. The molecule has 0 unspecified atom stereocenters. The van der Waals surface area contributed by atoms with Crippen molar-refractivity contribution in [1.29, 1.82) is 0 Å². The number of hydrogen-bond donors (Lipinski definition) is 0. The van der Waals surface area contributed by atoms with E-state index in [1.165, 1.54) is 6.42 Å². The highest BCUT2D eigenvalue weighted by molar-refractivity contribution is 6.10. The zero-order chi connectivity index (χ0) is 14.0. The van der Waals surface area contributed by atoms with Crippen molar-refractivity contribution in [2.45, 2.75) is 37.7 Å². The molecule has 0 amide bonds. The summed E-state index contributed by atoms with van der Waals surface area (Å²) in [7, 11) is 1.65. The number of carbonyl (C=O) groups excluding carboxylic acids is 1. The third-order valence-corrected chi connectivity index (χ3v) is 4.34. The number of ether oxygens (including phenoxy) is 1. The van der Waals surface area contributed by atoms with Gasteiger partial charge in [-0.15, -0.1) is 0 Å². The maximum absolute atomic E-state index is 13.0. The topological polar surface area (TPSA) is 39.2 Å². The van der Waals surface area contributed by atoms with Gasteiger partial charge < -0.3 is 4.74 Å². The molecule has 0 saturated heterocycles. The molecular weight excluding hydrogens is 250 g/mol. The quantitative estimate of drug-likeness (QED) is 0.796. The Kier molecular flexibility index (Phi) is 3.53. The standard InChI is InChI=1S/C17H19NO2/c1-20-17(10-3-2-4-11-17)16(19)14-9-5-7-13-8-6-12-18-15(13)14/h5-9,12H,2-4,10-11H2,1H3. The van der Waals surface area contributed by atoms with Gasteiger partial charge in [-0.1, -0.05) is 37.5 Å². The van der Waals surface area contributed by atoms with Gasteiger partial charge in [-0.25, -0.2) is 0 Å². The highest BCUT2D eigenvalue weighted by Gasteiger charge is 2.40. The lowest BCUT2D eigenvalue weighted by Gasteiger charge is -2.34. The lowest BCUT2D eigenvalue weighted by Crippen LogP contribution is -2.42. The van der Waals surface area contributed by atoms with Crippen LogP contribution in [0.4, 0.5) is 0 Å². The summed E-state index contributed by atoms with van der Waals surface area (Å²) in [6.07, 6.45) is 6.65. The van der Waals surface area contributed by atoms with Crippen LogP contribution in [-0.4, -0.2) is 23.5 Å². The van der Waals surface area contributed by atoms with E-state index in [1.807, 2.05) is 30.3 Å². The number of fused-ring (bicyclic) bond motifs is 1. The average molecular weight is 269 g/mol. The normalized spacial score (nSPS) is 18.1. The summed E-state index contributed by atoms with van der Waals surface area (Å²) < 4.78 is 5.67. The van der Waals surface area contributed by atoms with Gasteiger partial charge in [0.2, 0.25) is 0 Å². The Morgan fingerprint density at radius 1 is 1.15 bits per heavy atom. The molecule has 0 N–H and O–H groups in total. The van der Waals surface area contributed by atoms with Crippen LogP contribution in [0.15, 0.2) is 36.5 Å². The maximum Gasteiger partial charge on any atom is 0.196 e. The Hall–Kier alpha value is -1.74. The monoisotopic (exact) mass is 269 g/mol. The molecule has 2 aromatic rings. The van der Waals surface area contributed by atoms with Crippen molar-refractivity contribution in [1.82, 2.24) is 4.98 Å². The largest absolute Gasteiger partial charge is 0.370 e. The van der Waals surface area contributed by atoms with Crippen LogP contribution in [-0.2, 0) is 4.74 Å². The molecule has 0 bridgehead atoms. The molecule has 0 aliphatic heterocycles. The Balaban J connectivity index is 2.08. The van der Waals surface area contributed by atoms with Crippen LogP contribution in [0.1, 0.15) is 42.5 Å². The van der Waals surface area contributed by atoms with Crippen LogP contribution in [0.2, 0.25) is 0 Å². The predicted octanol–water partition coefficient (Wildman–Crippen LogP) is 3.77. The van der Waals surface area contributed by atoms with E-state index in [9.17, 15) is 4.79 Å². The van der Waals surface area contributed by atoms with E-state index in [0.717, 1.165) is 36.6 Å². The number of Topliss-reactive ketones (excluding diaryl/α,β-unsaturated/α-hetero) is 1. The molecule has 3 heteroatoms. The molecule has 0 radical (unpaired) electrons. The summed E-state index contributed by atoms with van der Waals surface area (Å²) in [5.41, 5.74) is 0.818. The Bertz CT molecular complexity index is 624. The summed E-state index contributed by atoms with van der Waals surface area (Å²) in [6.45, 7) is 0.